The molecule has 0 bridgehead atoms. The van der Waals surface area contributed by atoms with Crippen molar-refractivity contribution in [1.29, 1.82) is 0 Å². The van der Waals surface area contributed by atoms with Gasteiger partial charge in [-0.25, -0.2) is 9.37 Å². The average Bonchev–Trinajstić information content (AvgIpc) is 3.44. The summed E-state index contributed by atoms with van der Waals surface area (Å²) in [6.07, 6.45) is 9.73. The molecular weight excluding hydrogens is 449 g/mol. The number of thioether (sulfide) groups is 1. The number of imidazole rings is 1. The monoisotopic (exact) mass is 475 g/mol. The van der Waals surface area contributed by atoms with Gasteiger partial charge in [-0.1, -0.05) is 6.92 Å². The van der Waals surface area contributed by atoms with Gasteiger partial charge in [0.05, 0.1) is 18.2 Å². The lowest BCUT2D eigenvalue weighted by atomic mass is 10.1. The van der Waals surface area contributed by atoms with E-state index in [1.807, 2.05) is 43.8 Å². The van der Waals surface area contributed by atoms with E-state index in [1.165, 1.54) is 23.9 Å². The minimum atomic E-state index is -0.296. The predicted molar refractivity (Wildman–Crippen MR) is 135 cm³/mol. The summed E-state index contributed by atoms with van der Waals surface area (Å²) in [7, 11) is 1.81. The number of benzene rings is 2. The lowest BCUT2D eigenvalue weighted by molar-refractivity contribution is -0.111. The van der Waals surface area contributed by atoms with Crippen LogP contribution in [0.5, 0.6) is 0 Å². The fourth-order valence-electron chi connectivity index (χ4n) is 3.59. The van der Waals surface area contributed by atoms with E-state index in [-0.39, 0.29) is 11.7 Å². The maximum absolute atomic E-state index is 13.3. The van der Waals surface area contributed by atoms with Crippen molar-refractivity contribution >= 4 is 29.4 Å². The maximum atomic E-state index is 13.3. The van der Waals surface area contributed by atoms with Crippen LogP contribution in [-0.2, 0) is 24.1 Å². The number of hydrogen-bond donors (Lipinski definition) is 1. The summed E-state index contributed by atoms with van der Waals surface area (Å²) in [6, 6.07) is 14.0. The molecule has 2 aromatic heterocycles. The van der Waals surface area contributed by atoms with Crippen LogP contribution in [0.15, 0.2) is 78.2 Å². The fourth-order valence-corrected chi connectivity index (χ4v) is 4.47. The van der Waals surface area contributed by atoms with E-state index in [1.54, 1.807) is 40.8 Å². The fraction of sp³-hybridized carbons (Fsp3) is 0.192. The number of carbonyl (C=O) groups is 1. The van der Waals surface area contributed by atoms with Crippen LogP contribution >= 0.6 is 11.8 Å². The molecule has 0 spiro atoms. The van der Waals surface area contributed by atoms with Crippen molar-refractivity contribution in [2.24, 2.45) is 7.05 Å². The van der Waals surface area contributed by atoms with Crippen molar-refractivity contribution in [2.45, 2.75) is 30.5 Å². The highest BCUT2D eigenvalue weighted by molar-refractivity contribution is 7.98. The van der Waals surface area contributed by atoms with Gasteiger partial charge in [0.2, 0.25) is 5.91 Å². The molecule has 0 aliphatic carbocycles. The van der Waals surface area contributed by atoms with Gasteiger partial charge in [0.25, 0.3) is 0 Å². The Labute approximate surface area is 202 Å². The zero-order valence-electron chi connectivity index (χ0n) is 19.1. The molecule has 0 radical (unpaired) electrons. The molecule has 1 amide bonds. The molecule has 0 aliphatic rings. The minimum absolute atomic E-state index is 0.238. The van der Waals surface area contributed by atoms with Crippen LogP contribution in [-0.4, -0.2) is 25.2 Å². The Kier molecular flexibility index (Phi) is 7.59. The first-order valence-electron chi connectivity index (χ1n) is 11.0. The van der Waals surface area contributed by atoms with Crippen molar-refractivity contribution in [3.8, 4) is 11.3 Å². The lowest BCUT2D eigenvalue weighted by Crippen LogP contribution is -2.07. The Hall–Kier alpha value is -3.65. The molecule has 34 heavy (non-hydrogen) atoms. The number of amides is 1. The highest BCUT2D eigenvalue weighted by Gasteiger charge is 2.10. The highest BCUT2D eigenvalue weighted by atomic mass is 32.2. The Morgan fingerprint density at radius 3 is 2.62 bits per heavy atom. The topological polar surface area (TPSA) is 64.7 Å². The van der Waals surface area contributed by atoms with Gasteiger partial charge < -0.3 is 9.88 Å². The first-order chi connectivity index (χ1) is 16.5. The van der Waals surface area contributed by atoms with Crippen molar-refractivity contribution in [3.63, 3.8) is 0 Å². The summed E-state index contributed by atoms with van der Waals surface area (Å²) >= 11 is 1.74. The number of carbonyl (C=O) groups excluding carboxylic acids is 1. The molecule has 2 aromatic carbocycles. The largest absolute Gasteiger partial charge is 0.334 e. The van der Waals surface area contributed by atoms with Crippen molar-refractivity contribution in [3.05, 3.63) is 90.4 Å². The molecular formula is C26H26FN5OS. The molecule has 0 atom stereocenters. The summed E-state index contributed by atoms with van der Waals surface area (Å²) in [4.78, 5) is 17.8. The van der Waals surface area contributed by atoms with E-state index in [4.69, 9.17) is 0 Å². The van der Waals surface area contributed by atoms with Crippen LogP contribution in [0.1, 0.15) is 24.6 Å². The third-order valence-electron chi connectivity index (χ3n) is 5.27. The molecule has 0 aliphatic heterocycles. The third kappa shape index (κ3) is 5.82. The van der Waals surface area contributed by atoms with Gasteiger partial charge >= 0.3 is 0 Å². The number of aromatic nitrogens is 4. The maximum Gasteiger partial charge on any atom is 0.248 e. The Morgan fingerprint density at radius 1 is 1.12 bits per heavy atom. The SMILES string of the molecule is CCCn1cncc1CSc1ccc(NC(=O)C=Cc2cnn(C)c2-c2ccc(F)cc2)cc1. The molecule has 0 saturated heterocycles. The van der Waals surface area contributed by atoms with Crippen LogP contribution in [0.4, 0.5) is 10.1 Å². The average molecular weight is 476 g/mol. The smallest absolute Gasteiger partial charge is 0.248 e. The molecule has 1 N–H and O–H groups in total. The zero-order valence-corrected chi connectivity index (χ0v) is 19.9. The van der Waals surface area contributed by atoms with E-state index < -0.39 is 0 Å². The number of anilines is 1. The molecule has 0 saturated carbocycles. The van der Waals surface area contributed by atoms with Gasteiger partial charge in [-0.05, 0) is 61.0 Å². The molecule has 4 aromatic rings. The number of rotatable bonds is 9. The van der Waals surface area contributed by atoms with E-state index >= 15 is 0 Å². The second-order valence-corrected chi connectivity index (χ2v) is 8.84. The van der Waals surface area contributed by atoms with E-state index in [2.05, 4.69) is 26.9 Å². The summed E-state index contributed by atoms with van der Waals surface area (Å²) < 4.78 is 17.2. The van der Waals surface area contributed by atoms with Crippen LogP contribution in [0.25, 0.3) is 17.3 Å². The van der Waals surface area contributed by atoms with Crippen LogP contribution < -0.4 is 5.32 Å². The number of nitrogens with one attached hydrogen (secondary N) is 1. The molecule has 4 rings (SSSR count). The van der Waals surface area contributed by atoms with Crippen molar-refractivity contribution in [1.82, 2.24) is 19.3 Å². The number of hydrogen-bond acceptors (Lipinski definition) is 4. The van der Waals surface area contributed by atoms with Gasteiger partial charge in [0.1, 0.15) is 5.82 Å². The standard InChI is InChI=1S/C26H26FN5OS/c1-3-14-32-18-28-16-23(32)17-34-24-11-9-22(10-12-24)30-25(33)13-6-20-15-29-31(2)26(20)19-4-7-21(27)8-5-19/h4-13,15-16,18H,3,14,17H2,1-2H3,(H,30,33). The molecule has 6 nitrogen and oxygen atoms in total. The number of nitrogens with zero attached hydrogens (tertiary/aromatic N) is 4. The highest BCUT2D eigenvalue weighted by Crippen LogP contribution is 2.26. The normalized spacial score (nSPS) is 11.3. The molecule has 0 unspecified atom stereocenters. The zero-order chi connectivity index (χ0) is 23.9. The Bertz CT molecular complexity index is 1280. The molecule has 0 fully saturated rings. The summed E-state index contributed by atoms with van der Waals surface area (Å²) in [5.74, 6) is 0.309. The van der Waals surface area contributed by atoms with Gasteiger partial charge in [-0.3, -0.25) is 9.48 Å². The minimum Gasteiger partial charge on any atom is -0.334 e. The Balaban J connectivity index is 1.35. The first-order valence-corrected chi connectivity index (χ1v) is 12.0. The van der Waals surface area contributed by atoms with Gasteiger partial charge in [-0.15, -0.1) is 11.8 Å². The lowest BCUT2D eigenvalue weighted by Gasteiger charge is -2.07. The van der Waals surface area contributed by atoms with E-state index in [0.29, 0.717) is 0 Å². The van der Waals surface area contributed by atoms with Gasteiger partial charge in [0.15, 0.2) is 0 Å². The second-order valence-electron chi connectivity index (χ2n) is 7.79. The van der Waals surface area contributed by atoms with Crippen LogP contribution in [0, 0.1) is 5.82 Å². The summed E-state index contributed by atoms with van der Waals surface area (Å²) in [5.41, 5.74) is 4.33. The van der Waals surface area contributed by atoms with Gasteiger partial charge in [-0.2, -0.15) is 5.10 Å². The summed E-state index contributed by atoms with van der Waals surface area (Å²) in [6.45, 7) is 3.12. The second kappa shape index (κ2) is 11.0. The summed E-state index contributed by atoms with van der Waals surface area (Å²) in [5, 5.41) is 7.15. The predicted octanol–water partition coefficient (Wildman–Crippen LogP) is 5.78. The quantitative estimate of drug-likeness (QED) is 0.246. The molecule has 8 heteroatoms. The third-order valence-corrected chi connectivity index (χ3v) is 6.32. The number of aryl methyl sites for hydroxylation is 2. The van der Waals surface area contributed by atoms with Crippen LogP contribution in [0.3, 0.4) is 0 Å². The molecule has 2 heterocycles. The first kappa shape index (κ1) is 23.5. The molecule has 174 valence electrons. The number of halogens is 1. The van der Waals surface area contributed by atoms with Crippen LogP contribution in [0.2, 0.25) is 0 Å². The van der Waals surface area contributed by atoms with Gasteiger partial charge in [0, 0.05) is 59.0 Å². The van der Waals surface area contributed by atoms with E-state index in [0.717, 1.165) is 46.1 Å². The van der Waals surface area contributed by atoms with E-state index in [9.17, 15) is 9.18 Å². The van der Waals surface area contributed by atoms with Crippen molar-refractivity contribution < 1.29 is 9.18 Å². The van der Waals surface area contributed by atoms with Crippen molar-refractivity contribution in [2.75, 3.05) is 5.32 Å². The Morgan fingerprint density at radius 2 is 1.88 bits per heavy atom.